The standard InChI is InChI=1S/C7H10NOS.BrH/c1-6(9)5-8-3-4-10-7(8)2;/h3-4H,5H2,1-2H3;1H/q+1;/p-1. The zero-order chi connectivity index (χ0) is 7.56. The van der Waals surface area contributed by atoms with Crippen molar-refractivity contribution >= 4 is 17.1 Å². The lowest BCUT2D eigenvalue weighted by Crippen LogP contribution is -3.00. The van der Waals surface area contributed by atoms with Crippen LogP contribution in [-0.4, -0.2) is 5.78 Å². The van der Waals surface area contributed by atoms with E-state index in [1.165, 1.54) is 5.01 Å². The minimum atomic E-state index is 0. The van der Waals surface area contributed by atoms with Gasteiger partial charge in [-0.2, -0.15) is 4.57 Å². The van der Waals surface area contributed by atoms with Gasteiger partial charge < -0.3 is 17.0 Å². The number of ketones is 1. The average Bonchev–Trinajstić information content (AvgIpc) is 2.15. The maximum absolute atomic E-state index is 10.6. The predicted octanol–water partition coefficient (Wildman–Crippen LogP) is -2.06. The van der Waals surface area contributed by atoms with Crippen LogP contribution in [0.4, 0.5) is 0 Å². The van der Waals surface area contributed by atoms with Crippen LogP contribution in [0, 0.1) is 6.92 Å². The summed E-state index contributed by atoms with van der Waals surface area (Å²) >= 11 is 1.66. The van der Waals surface area contributed by atoms with E-state index in [1.54, 1.807) is 18.3 Å². The van der Waals surface area contributed by atoms with E-state index < -0.39 is 0 Å². The highest BCUT2D eigenvalue weighted by Gasteiger charge is 2.08. The summed E-state index contributed by atoms with van der Waals surface area (Å²) in [4.78, 5) is 10.6. The van der Waals surface area contributed by atoms with Crippen molar-refractivity contribution in [3.05, 3.63) is 16.6 Å². The van der Waals surface area contributed by atoms with Crippen LogP contribution in [0.5, 0.6) is 0 Å². The van der Waals surface area contributed by atoms with E-state index in [-0.39, 0.29) is 22.8 Å². The zero-order valence-electron chi connectivity index (χ0n) is 6.50. The van der Waals surface area contributed by atoms with Crippen molar-refractivity contribution in [1.82, 2.24) is 0 Å². The van der Waals surface area contributed by atoms with E-state index in [0.717, 1.165) is 0 Å². The lowest BCUT2D eigenvalue weighted by molar-refractivity contribution is -0.685. The molecule has 0 bridgehead atoms. The van der Waals surface area contributed by atoms with Gasteiger partial charge in [-0.1, -0.05) is 11.3 Å². The smallest absolute Gasteiger partial charge is 0.234 e. The quantitative estimate of drug-likeness (QED) is 0.541. The maximum atomic E-state index is 10.6. The SMILES string of the molecule is CC(=O)C[n+]1ccsc1C.[Br-]. The van der Waals surface area contributed by atoms with E-state index >= 15 is 0 Å². The predicted molar refractivity (Wildman–Crippen MR) is 39.9 cm³/mol. The first kappa shape index (κ1) is 10.8. The van der Waals surface area contributed by atoms with Gasteiger partial charge in [0.15, 0.2) is 12.0 Å². The Kier molecular flexibility index (Phi) is 4.52. The van der Waals surface area contributed by atoms with Gasteiger partial charge in [0, 0.05) is 13.8 Å². The van der Waals surface area contributed by atoms with Crippen LogP contribution in [-0.2, 0) is 11.3 Å². The molecule has 0 aromatic carbocycles. The van der Waals surface area contributed by atoms with Gasteiger partial charge in [-0.15, -0.1) is 0 Å². The van der Waals surface area contributed by atoms with Gasteiger partial charge in [-0.3, -0.25) is 4.79 Å². The average molecular weight is 236 g/mol. The number of thiazole rings is 1. The molecular weight excluding hydrogens is 226 g/mol. The van der Waals surface area contributed by atoms with Crippen molar-refractivity contribution in [2.45, 2.75) is 20.4 Å². The van der Waals surface area contributed by atoms with Crippen LogP contribution < -0.4 is 21.5 Å². The van der Waals surface area contributed by atoms with Crippen molar-refractivity contribution in [2.75, 3.05) is 0 Å². The molecule has 1 heterocycles. The highest BCUT2D eigenvalue weighted by molar-refractivity contribution is 7.09. The number of hydrogen-bond donors (Lipinski definition) is 0. The molecule has 62 valence electrons. The minimum absolute atomic E-state index is 0. The van der Waals surface area contributed by atoms with Crippen molar-refractivity contribution in [1.29, 1.82) is 0 Å². The minimum Gasteiger partial charge on any atom is -1.00 e. The van der Waals surface area contributed by atoms with Gasteiger partial charge in [0.2, 0.25) is 11.6 Å². The van der Waals surface area contributed by atoms with E-state index in [9.17, 15) is 4.79 Å². The number of Topliss-reactive ketones (excluding diaryl/α,β-unsaturated/α-hetero) is 1. The summed E-state index contributed by atoms with van der Waals surface area (Å²) in [6.07, 6.45) is 1.93. The molecule has 4 heteroatoms. The summed E-state index contributed by atoms with van der Waals surface area (Å²) in [5.74, 6) is 0.200. The number of aryl methyl sites for hydroxylation is 1. The normalized spacial score (nSPS) is 8.91. The van der Waals surface area contributed by atoms with Crippen molar-refractivity contribution < 1.29 is 26.3 Å². The molecule has 0 saturated heterocycles. The van der Waals surface area contributed by atoms with Gasteiger partial charge in [0.25, 0.3) is 0 Å². The molecule has 0 atom stereocenters. The van der Waals surface area contributed by atoms with Crippen LogP contribution in [0.15, 0.2) is 11.6 Å². The number of aromatic nitrogens is 1. The molecule has 1 rings (SSSR count). The Morgan fingerprint density at radius 2 is 2.36 bits per heavy atom. The number of carbonyl (C=O) groups excluding carboxylic acids is 1. The summed E-state index contributed by atoms with van der Waals surface area (Å²) < 4.78 is 1.95. The Bertz CT molecular complexity index is 246. The number of nitrogens with zero attached hydrogens (tertiary/aromatic N) is 1. The monoisotopic (exact) mass is 235 g/mol. The second-order valence-electron chi connectivity index (χ2n) is 2.25. The van der Waals surface area contributed by atoms with E-state index in [0.29, 0.717) is 6.54 Å². The summed E-state index contributed by atoms with van der Waals surface area (Å²) in [6.45, 7) is 4.12. The molecule has 1 aromatic heterocycles. The fourth-order valence-corrected chi connectivity index (χ4v) is 1.44. The molecule has 0 radical (unpaired) electrons. The Morgan fingerprint density at radius 1 is 1.73 bits per heavy atom. The molecule has 0 spiro atoms. The molecule has 0 aliphatic carbocycles. The molecule has 0 aliphatic rings. The maximum Gasteiger partial charge on any atom is 0.234 e. The largest absolute Gasteiger partial charge is 1.00 e. The molecule has 1 aromatic rings. The topological polar surface area (TPSA) is 20.9 Å². The third kappa shape index (κ3) is 3.12. The summed E-state index contributed by atoms with van der Waals surface area (Å²) in [6, 6.07) is 0. The third-order valence-electron chi connectivity index (χ3n) is 1.28. The van der Waals surface area contributed by atoms with E-state index in [4.69, 9.17) is 0 Å². The first-order valence-electron chi connectivity index (χ1n) is 3.13. The number of hydrogen-bond acceptors (Lipinski definition) is 2. The lowest BCUT2D eigenvalue weighted by Gasteiger charge is -1.87. The molecule has 0 unspecified atom stereocenters. The summed E-state index contributed by atoms with van der Waals surface area (Å²) in [5, 5.41) is 3.16. The van der Waals surface area contributed by atoms with Gasteiger partial charge in [-0.25, -0.2) is 0 Å². The number of rotatable bonds is 2. The fourth-order valence-electron chi connectivity index (χ4n) is 0.779. The summed E-state index contributed by atoms with van der Waals surface area (Å²) in [5.41, 5.74) is 0. The van der Waals surface area contributed by atoms with Crippen LogP contribution in [0.2, 0.25) is 0 Å². The van der Waals surface area contributed by atoms with Gasteiger partial charge in [0.05, 0.1) is 5.38 Å². The van der Waals surface area contributed by atoms with E-state index in [1.807, 2.05) is 23.1 Å². The first-order chi connectivity index (χ1) is 4.70. The van der Waals surface area contributed by atoms with E-state index in [2.05, 4.69) is 0 Å². The number of halogens is 1. The Morgan fingerprint density at radius 3 is 2.73 bits per heavy atom. The van der Waals surface area contributed by atoms with Gasteiger partial charge in [0.1, 0.15) is 0 Å². The Labute approximate surface area is 80.6 Å². The Hall–Kier alpha value is -0.220. The lowest BCUT2D eigenvalue weighted by atomic mass is 10.4. The second kappa shape index (κ2) is 4.62. The first-order valence-corrected chi connectivity index (χ1v) is 4.01. The highest BCUT2D eigenvalue weighted by Crippen LogP contribution is 1.98. The molecule has 0 aliphatic heterocycles. The molecule has 0 N–H and O–H groups in total. The molecule has 11 heavy (non-hydrogen) atoms. The highest BCUT2D eigenvalue weighted by atomic mass is 79.9. The van der Waals surface area contributed by atoms with Crippen molar-refractivity contribution in [3.8, 4) is 0 Å². The van der Waals surface area contributed by atoms with Gasteiger partial charge >= 0.3 is 0 Å². The van der Waals surface area contributed by atoms with Gasteiger partial charge in [-0.05, 0) is 0 Å². The second-order valence-corrected chi connectivity index (χ2v) is 3.35. The number of carbonyl (C=O) groups is 1. The molecule has 2 nitrogen and oxygen atoms in total. The molecule has 0 amide bonds. The Balaban J connectivity index is 0.000001000. The van der Waals surface area contributed by atoms with Crippen molar-refractivity contribution in [2.24, 2.45) is 0 Å². The molecule has 0 fully saturated rings. The molecule has 0 saturated carbocycles. The van der Waals surface area contributed by atoms with Crippen molar-refractivity contribution in [3.63, 3.8) is 0 Å². The third-order valence-corrected chi connectivity index (χ3v) is 2.11. The summed E-state index contributed by atoms with van der Waals surface area (Å²) in [7, 11) is 0. The van der Waals surface area contributed by atoms with Crippen LogP contribution >= 0.6 is 11.3 Å². The zero-order valence-corrected chi connectivity index (χ0v) is 8.91. The fraction of sp³-hybridized carbons (Fsp3) is 0.429. The van der Waals surface area contributed by atoms with Crippen LogP contribution in [0.25, 0.3) is 0 Å². The molecular formula is C7H10BrNOS. The van der Waals surface area contributed by atoms with Crippen LogP contribution in [0.3, 0.4) is 0 Å². The van der Waals surface area contributed by atoms with Crippen LogP contribution in [0.1, 0.15) is 11.9 Å².